The van der Waals surface area contributed by atoms with Crippen LogP contribution >= 0.6 is 0 Å². The van der Waals surface area contributed by atoms with E-state index in [1.54, 1.807) is 12.1 Å². The van der Waals surface area contributed by atoms with Gasteiger partial charge in [0, 0.05) is 34.6 Å². The number of ether oxygens (including phenoxy) is 1. The Balaban J connectivity index is 1.49. The normalized spacial score (nSPS) is 16.9. The van der Waals surface area contributed by atoms with Gasteiger partial charge in [0.25, 0.3) is 0 Å². The lowest BCUT2D eigenvalue weighted by Gasteiger charge is -2.41. The van der Waals surface area contributed by atoms with Crippen LogP contribution in [0.4, 0.5) is 0 Å². The Bertz CT molecular complexity index is 1420. The largest absolute Gasteiger partial charge is 0.507 e. The number of imidazole rings is 1. The van der Waals surface area contributed by atoms with Gasteiger partial charge in [0.1, 0.15) is 12.1 Å². The van der Waals surface area contributed by atoms with Gasteiger partial charge in [-0.2, -0.15) is 9.97 Å². The molecule has 4 aromatic rings. The highest BCUT2D eigenvalue weighted by molar-refractivity contribution is 5.73. The Morgan fingerprint density at radius 2 is 1.82 bits per heavy atom. The van der Waals surface area contributed by atoms with E-state index in [0.29, 0.717) is 28.4 Å². The number of hydrogen-bond acceptors (Lipinski definition) is 8. The highest BCUT2D eigenvalue weighted by atomic mass is 16.5. The number of phenolic OH excluding ortho intramolecular Hbond substituents is 1. The average Bonchev–Trinajstić information content (AvgIpc) is 3.20. The fourth-order valence-corrected chi connectivity index (χ4v) is 4.67. The summed E-state index contributed by atoms with van der Waals surface area (Å²) in [4.78, 5) is 21.8. The average molecular weight is 458 g/mol. The third-order valence-electron chi connectivity index (χ3n) is 5.75. The lowest BCUT2D eigenvalue weighted by atomic mass is 9.82. The summed E-state index contributed by atoms with van der Waals surface area (Å²) in [5.41, 5.74) is 3.83. The van der Waals surface area contributed by atoms with Crippen LogP contribution in [0, 0.1) is 0 Å². The first kappa shape index (κ1) is 22.0. The summed E-state index contributed by atoms with van der Waals surface area (Å²) in [6.07, 6.45) is 8.30. The van der Waals surface area contributed by atoms with E-state index < -0.39 is 0 Å². The number of rotatable bonds is 4. The predicted octanol–water partition coefficient (Wildman–Crippen LogP) is 3.90. The standard InChI is InChI=1S/C25H27N7O2/c1-24(2)11-16(12-25(3,4)31-24)18-8-9-32-13-19(29-22(32)28-18)17-7-6-15(10-20(17)33)21-26-14-27-23(30-21)34-5/h6-11,13-14,31,33H,12H2,1-5H3. The molecule has 0 unspecified atom stereocenters. The zero-order chi connectivity index (χ0) is 24.1. The molecule has 1 aliphatic heterocycles. The molecule has 34 heavy (non-hydrogen) atoms. The first-order valence-corrected chi connectivity index (χ1v) is 11.1. The van der Waals surface area contributed by atoms with Gasteiger partial charge in [-0.15, -0.1) is 0 Å². The molecule has 0 bridgehead atoms. The van der Waals surface area contributed by atoms with Gasteiger partial charge in [-0.1, -0.05) is 12.1 Å². The molecular weight excluding hydrogens is 430 g/mol. The SMILES string of the molecule is COc1ncnc(-c2ccc(-c3cn4ccc(C5=CC(C)(C)NC(C)(C)C5)nc4n3)c(O)c2)n1. The van der Waals surface area contributed by atoms with Crippen LogP contribution in [0.25, 0.3) is 34.0 Å². The van der Waals surface area contributed by atoms with Crippen molar-refractivity contribution in [2.24, 2.45) is 0 Å². The lowest BCUT2D eigenvalue weighted by molar-refractivity contribution is 0.297. The molecule has 1 aliphatic rings. The van der Waals surface area contributed by atoms with Crippen molar-refractivity contribution in [2.45, 2.75) is 45.2 Å². The second-order valence-corrected chi connectivity index (χ2v) is 9.75. The van der Waals surface area contributed by atoms with E-state index in [2.05, 4.69) is 59.0 Å². The molecule has 0 spiro atoms. The fraction of sp³-hybridized carbons (Fsp3) is 0.320. The number of benzene rings is 1. The van der Waals surface area contributed by atoms with E-state index >= 15 is 0 Å². The maximum Gasteiger partial charge on any atom is 0.319 e. The van der Waals surface area contributed by atoms with Gasteiger partial charge < -0.3 is 15.2 Å². The van der Waals surface area contributed by atoms with Crippen LogP contribution in [0.15, 0.2) is 49.1 Å². The molecule has 9 heteroatoms. The number of hydrogen-bond donors (Lipinski definition) is 2. The van der Waals surface area contributed by atoms with Crippen molar-refractivity contribution in [3.63, 3.8) is 0 Å². The van der Waals surface area contributed by atoms with Crippen LogP contribution in [-0.4, -0.2) is 52.6 Å². The summed E-state index contributed by atoms with van der Waals surface area (Å²) in [6.45, 7) is 8.74. The van der Waals surface area contributed by atoms with Crippen molar-refractivity contribution in [3.05, 3.63) is 54.8 Å². The topological polar surface area (TPSA) is 110 Å². The minimum absolute atomic E-state index is 0.0297. The summed E-state index contributed by atoms with van der Waals surface area (Å²) in [5.74, 6) is 1.06. The summed E-state index contributed by atoms with van der Waals surface area (Å²) < 4.78 is 6.92. The minimum Gasteiger partial charge on any atom is -0.507 e. The second-order valence-electron chi connectivity index (χ2n) is 9.75. The molecule has 1 aromatic carbocycles. The Morgan fingerprint density at radius 1 is 1.03 bits per heavy atom. The van der Waals surface area contributed by atoms with E-state index in [9.17, 15) is 5.11 Å². The van der Waals surface area contributed by atoms with Crippen molar-refractivity contribution in [1.29, 1.82) is 0 Å². The van der Waals surface area contributed by atoms with Crippen molar-refractivity contribution in [3.8, 4) is 34.4 Å². The maximum absolute atomic E-state index is 10.7. The summed E-state index contributed by atoms with van der Waals surface area (Å²) in [7, 11) is 1.49. The predicted molar refractivity (Wildman–Crippen MR) is 129 cm³/mol. The van der Waals surface area contributed by atoms with E-state index in [-0.39, 0.29) is 22.8 Å². The van der Waals surface area contributed by atoms with Gasteiger partial charge in [0.2, 0.25) is 5.78 Å². The lowest BCUT2D eigenvalue weighted by Crippen LogP contribution is -2.53. The van der Waals surface area contributed by atoms with Crippen molar-refractivity contribution in [1.82, 2.24) is 34.6 Å². The Hall–Kier alpha value is -3.85. The van der Waals surface area contributed by atoms with Crippen LogP contribution in [0.5, 0.6) is 11.8 Å². The van der Waals surface area contributed by atoms with Crippen molar-refractivity contribution in [2.75, 3.05) is 7.11 Å². The van der Waals surface area contributed by atoms with Gasteiger partial charge >= 0.3 is 6.01 Å². The number of nitrogens with zero attached hydrogens (tertiary/aromatic N) is 6. The highest BCUT2D eigenvalue weighted by Crippen LogP contribution is 2.34. The number of fused-ring (bicyclic) bond motifs is 1. The number of methoxy groups -OCH3 is 1. The molecule has 5 rings (SSSR count). The van der Waals surface area contributed by atoms with Crippen LogP contribution in [0.1, 0.15) is 39.8 Å². The molecule has 174 valence electrons. The maximum atomic E-state index is 10.7. The fourth-order valence-electron chi connectivity index (χ4n) is 4.67. The molecule has 0 radical (unpaired) electrons. The molecule has 2 N–H and O–H groups in total. The summed E-state index contributed by atoms with van der Waals surface area (Å²) >= 11 is 0. The molecular formula is C25H27N7O2. The van der Waals surface area contributed by atoms with Gasteiger partial charge in [-0.05, 0) is 57.9 Å². The smallest absolute Gasteiger partial charge is 0.319 e. The molecule has 4 heterocycles. The Morgan fingerprint density at radius 3 is 2.56 bits per heavy atom. The number of phenols is 1. The summed E-state index contributed by atoms with van der Waals surface area (Å²) in [6, 6.07) is 7.46. The van der Waals surface area contributed by atoms with Gasteiger partial charge in [0.05, 0.1) is 18.5 Å². The van der Waals surface area contributed by atoms with E-state index in [1.165, 1.54) is 19.0 Å². The van der Waals surface area contributed by atoms with Gasteiger partial charge in [0.15, 0.2) is 5.82 Å². The van der Waals surface area contributed by atoms with Crippen LogP contribution < -0.4 is 10.1 Å². The number of nitrogens with one attached hydrogen (secondary N) is 1. The molecule has 0 atom stereocenters. The van der Waals surface area contributed by atoms with Crippen LogP contribution in [0.2, 0.25) is 0 Å². The molecule has 0 saturated carbocycles. The minimum atomic E-state index is -0.123. The van der Waals surface area contributed by atoms with Crippen LogP contribution in [-0.2, 0) is 0 Å². The van der Waals surface area contributed by atoms with Gasteiger partial charge in [-0.3, -0.25) is 4.40 Å². The van der Waals surface area contributed by atoms with Crippen molar-refractivity contribution < 1.29 is 9.84 Å². The van der Waals surface area contributed by atoms with Gasteiger partial charge in [-0.25, -0.2) is 15.0 Å². The van der Waals surface area contributed by atoms with Crippen molar-refractivity contribution >= 4 is 11.4 Å². The highest BCUT2D eigenvalue weighted by Gasteiger charge is 2.33. The molecule has 0 fully saturated rings. The zero-order valence-electron chi connectivity index (χ0n) is 19.9. The van der Waals surface area contributed by atoms with Crippen LogP contribution in [0.3, 0.4) is 0 Å². The molecule has 0 aliphatic carbocycles. The summed E-state index contributed by atoms with van der Waals surface area (Å²) in [5, 5.41) is 14.4. The third kappa shape index (κ3) is 4.22. The molecule has 0 saturated heterocycles. The third-order valence-corrected chi connectivity index (χ3v) is 5.75. The Labute approximate surface area is 197 Å². The molecule has 3 aromatic heterocycles. The zero-order valence-corrected chi connectivity index (χ0v) is 19.9. The number of aromatic hydroxyl groups is 1. The molecule has 0 amide bonds. The van der Waals surface area contributed by atoms with E-state index in [0.717, 1.165) is 12.1 Å². The molecule has 9 nitrogen and oxygen atoms in total. The first-order chi connectivity index (χ1) is 16.1. The quantitative estimate of drug-likeness (QED) is 0.475. The van der Waals surface area contributed by atoms with E-state index in [1.807, 2.05) is 28.9 Å². The second kappa shape index (κ2) is 7.88. The number of aromatic nitrogens is 6. The Kier molecular flexibility index (Phi) is 5.09. The van der Waals surface area contributed by atoms with E-state index in [4.69, 9.17) is 9.72 Å². The monoisotopic (exact) mass is 457 g/mol. The first-order valence-electron chi connectivity index (χ1n) is 11.1.